The summed E-state index contributed by atoms with van der Waals surface area (Å²) in [5.74, 6) is -0.265. The summed E-state index contributed by atoms with van der Waals surface area (Å²) in [6.07, 6.45) is 0.358. The van der Waals surface area contributed by atoms with Gasteiger partial charge in [-0.1, -0.05) is 11.6 Å². The summed E-state index contributed by atoms with van der Waals surface area (Å²) < 4.78 is 28.7. The number of nitrogens with one attached hydrogen (secondary N) is 1. The molecule has 3 heterocycles. The molecule has 0 radical (unpaired) electrons. The molecule has 0 unspecified atom stereocenters. The Kier molecular flexibility index (Phi) is 4.05. The molecular weight excluding hydrogens is 384 g/mol. The van der Waals surface area contributed by atoms with Gasteiger partial charge in [0, 0.05) is 15.8 Å². The summed E-state index contributed by atoms with van der Waals surface area (Å²) in [4.78, 5) is 16.5. The predicted molar refractivity (Wildman–Crippen MR) is 97.7 cm³/mol. The SMILES string of the molecule is O=C(Nc1nc(-c2cc3cc(Cl)ccc3o2)cs1)[C@H]1CCS(=O)(=O)C1. The van der Waals surface area contributed by atoms with Crippen LogP contribution < -0.4 is 5.32 Å². The van der Waals surface area contributed by atoms with Gasteiger partial charge in [0.15, 0.2) is 20.7 Å². The molecule has 1 aromatic carbocycles. The molecule has 4 rings (SSSR count). The number of halogens is 1. The maximum Gasteiger partial charge on any atom is 0.230 e. The lowest BCUT2D eigenvalue weighted by atomic mass is 10.1. The highest BCUT2D eigenvalue weighted by atomic mass is 35.5. The number of aromatic nitrogens is 1. The molecule has 6 nitrogen and oxygen atoms in total. The van der Waals surface area contributed by atoms with Crippen molar-refractivity contribution in [1.29, 1.82) is 0 Å². The quantitative estimate of drug-likeness (QED) is 0.730. The summed E-state index contributed by atoms with van der Waals surface area (Å²) in [5.41, 5.74) is 1.31. The van der Waals surface area contributed by atoms with E-state index in [-0.39, 0.29) is 17.4 Å². The Hall–Kier alpha value is -1.90. The summed E-state index contributed by atoms with van der Waals surface area (Å²) in [5, 5.41) is 6.39. The Morgan fingerprint density at radius 3 is 2.96 bits per heavy atom. The Morgan fingerprint density at radius 2 is 2.20 bits per heavy atom. The number of nitrogens with zero attached hydrogens (tertiary/aromatic N) is 1. The molecule has 130 valence electrons. The number of benzene rings is 1. The summed E-state index contributed by atoms with van der Waals surface area (Å²) in [6, 6.07) is 7.18. The van der Waals surface area contributed by atoms with E-state index in [1.807, 2.05) is 6.07 Å². The van der Waals surface area contributed by atoms with Crippen molar-refractivity contribution in [2.24, 2.45) is 5.92 Å². The van der Waals surface area contributed by atoms with Crippen LogP contribution in [0.4, 0.5) is 5.13 Å². The maximum atomic E-state index is 12.2. The van der Waals surface area contributed by atoms with Crippen LogP contribution in [0.25, 0.3) is 22.4 Å². The molecule has 2 aromatic heterocycles. The van der Waals surface area contributed by atoms with E-state index in [0.717, 1.165) is 5.39 Å². The van der Waals surface area contributed by atoms with Crippen LogP contribution in [0, 0.1) is 5.92 Å². The van der Waals surface area contributed by atoms with Crippen molar-refractivity contribution in [1.82, 2.24) is 4.98 Å². The molecule has 1 atom stereocenters. The Balaban J connectivity index is 1.52. The molecule has 1 amide bonds. The Bertz CT molecular complexity index is 1070. The van der Waals surface area contributed by atoms with Gasteiger partial charge >= 0.3 is 0 Å². The van der Waals surface area contributed by atoms with Gasteiger partial charge in [0.2, 0.25) is 5.91 Å². The third kappa shape index (κ3) is 3.42. The van der Waals surface area contributed by atoms with Crippen LogP contribution in [-0.2, 0) is 14.6 Å². The molecule has 0 bridgehead atoms. The summed E-state index contributed by atoms with van der Waals surface area (Å²) >= 11 is 7.24. The maximum absolute atomic E-state index is 12.2. The van der Waals surface area contributed by atoms with Gasteiger partial charge in [-0.25, -0.2) is 13.4 Å². The lowest BCUT2D eigenvalue weighted by Gasteiger charge is -2.06. The second-order valence-electron chi connectivity index (χ2n) is 5.92. The van der Waals surface area contributed by atoms with Gasteiger partial charge in [-0.15, -0.1) is 11.3 Å². The number of carbonyl (C=O) groups is 1. The number of hydrogen-bond acceptors (Lipinski definition) is 6. The second-order valence-corrected chi connectivity index (χ2v) is 9.44. The van der Waals surface area contributed by atoms with Crippen molar-refractivity contribution in [2.75, 3.05) is 16.8 Å². The van der Waals surface area contributed by atoms with Gasteiger partial charge in [0.25, 0.3) is 0 Å². The Morgan fingerprint density at radius 1 is 1.36 bits per heavy atom. The first-order valence-corrected chi connectivity index (χ1v) is 10.6. The first-order valence-electron chi connectivity index (χ1n) is 7.56. The number of carbonyl (C=O) groups excluding carboxylic acids is 1. The minimum atomic E-state index is -3.09. The number of hydrogen-bond donors (Lipinski definition) is 1. The van der Waals surface area contributed by atoms with Crippen molar-refractivity contribution in [2.45, 2.75) is 6.42 Å². The third-order valence-corrected chi connectivity index (χ3v) is 6.83. The molecule has 1 saturated heterocycles. The fraction of sp³-hybridized carbons (Fsp3) is 0.250. The van der Waals surface area contributed by atoms with Crippen molar-refractivity contribution < 1.29 is 17.6 Å². The smallest absolute Gasteiger partial charge is 0.230 e. The monoisotopic (exact) mass is 396 g/mol. The zero-order valence-electron chi connectivity index (χ0n) is 12.9. The van der Waals surface area contributed by atoms with Crippen LogP contribution in [0.15, 0.2) is 34.1 Å². The fourth-order valence-corrected chi connectivity index (χ4v) is 5.42. The van der Waals surface area contributed by atoms with Crippen molar-refractivity contribution in [3.63, 3.8) is 0 Å². The van der Waals surface area contributed by atoms with Crippen LogP contribution in [0.2, 0.25) is 5.02 Å². The van der Waals surface area contributed by atoms with E-state index in [1.54, 1.807) is 23.6 Å². The first-order chi connectivity index (χ1) is 11.9. The van der Waals surface area contributed by atoms with Crippen LogP contribution in [0.1, 0.15) is 6.42 Å². The fourth-order valence-electron chi connectivity index (χ4n) is 2.79. The molecule has 25 heavy (non-hydrogen) atoms. The number of amides is 1. The lowest BCUT2D eigenvalue weighted by molar-refractivity contribution is -0.119. The van der Waals surface area contributed by atoms with Crippen LogP contribution in [0.5, 0.6) is 0 Å². The first kappa shape index (κ1) is 16.6. The van der Waals surface area contributed by atoms with Crippen LogP contribution in [-0.4, -0.2) is 30.8 Å². The van der Waals surface area contributed by atoms with Gasteiger partial charge in [-0.3, -0.25) is 4.79 Å². The van der Waals surface area contributed by atoms with E-state index in [9.17, 15) is 13.2 Å². The molecule has 1 aliphatic rings. The summed E-state index contributed by atoms with van der Waals surface area (Å²) in [6.45, 7) is 0. The number of thiazole rings is 1. The minimum absolute atomic E-state index is 0.0652. The highest BCUT2D eigenvalue weighted by Crippen LogP contribution is 2.32. The van der Waals surface area contributed by atoms with Gasteiger partial charge < -0.3 is 9.73 Å². The predicted octanol–water partition coefficient (Wildman–Crippen LogP) is 3.58. The number of fused-ring (bicyclic) bond motifs is 1. The molecule has 1 fully saturated rings. The van der Waals surface area contributed by atoms with Crippen LogP contribution in [0.3, 0.4) is 0 Å². The average molecular weight is 397 g/mol. The molecule has 0 saturated carbocycles. The third-order valence-electron chi connectivity index (χ3n) is 4.07. The largest absolute Gasteiger partial charge is 0.454 e. The van der Waals surface area contributed by atoms with E-state index in [1.165, 1.54) is 11.3 Å². The zero-order chi connectivity index (χ0) is 17.6. The van der Waals surface area contributed by atoms with E-state index < -0.39 is 15.8 Å². The van der Waals surface area contributed by atoms with Gasteiger partial charge in [-0.05, 0) is 30.7 Å². The van der Waals surface area contributed by atoms with Gasteiger partial charge in [0.1, 0.15) is 11.3 Å². The van der Waals surface area contributed by atoms with E-state index in [0.29, 0.717) is 33.6 Å². The topological polar surface area (TPSA) is 89.3 Å². The summed E-state index contributed by atoms with van der Waals surface area (Å²) in [7, 11) is -3.09. The molecular formula is C16H13ClN2O4S2. The van der Waals surface area contributed by atoms with E-state index >= 15 is 0 Å². The van der Waals surface area contributed by atoms with Crippen molar-refractivity contribution >= 4 is 54.8 Å². The van der Waals surface area contributed by atoms with Gasteiger partial charge in [0.05, 0.1) is 17.4 Å². The number of anilines is 1. The normalized spacial score (nSPS) is 19.3. The molecule has 9 heteroatoms. The molecule has 0 spiro atoms. The zero-order valence-corrected chi connectivity index (χ0v) is 15.2. The second kappa shape index (κ2) is 6.12. The van der Waals surface area contributed by atoms with Gasteiger partial charge in [-0.2, -0.15) is 0 Å². The molecule has 1 aliphatic heterocycles. The van der Waals surface area contributed by atoms with Crippen molar-refractivity contribution in [3.8, 4) is 11.5 Å². The van der Waals surface area contributed by atoms with E-state index in [4.69, 9.17) is 16.0 Å². The average Bonchev–Trinajstić information content (AvgIpc) is 3.24. The highest BCUT2D eigenvalue weighted by molar-refractivity contribution is 7.91. The number of furan rings is 1. The molecule has 3 aromatic rings. The van der Waals surface area contributed by atoms with Crippen molar-refractivity contribution in [3.05, 3.63) is 34.7 Å². The number of sulfone groups is 1. The minimum Gasteiger partial charge on any atom is -0.454 e. The molecule has 0 aliphatic carbocycles. The lowest BCUT2D eigenvalue weighted by Crippen LogP contribution is -2.23. The number of rotatable bonds is 3. The van der Waals surface area contributed by atoms with E-state index in [2.05, 4.69) is 10.3 Å². The Labute approximate surface area is 152 Å². The highest BCUT2D eigenvalue weighted by Gasteiger charge is 2.33. The van der Waals surface area contributed by atoms with Crippen LogP contribution >= 0.6 is 22.9 Å². The molecule has 1 N–H and O–H groups in total. The standard InChI is InChI=1S/C16H13ClN2O4S2/c17-11-1-2-13-10(5-11)6-14(23-13)12-7-24-16(18-12)19-15(20)9-3-4-25(21,22)8-9/h1-2,5-7,9H,3-4,8H2,(H,18,19,20)/t9-/m0/s1.